The van der Waals surface area contributed by atoms with Crippen molar-refractivity contribution in [2.24, 2.45) is 10.6 Å². The first kappa shape index (κ1) is 21.1. The van der Waals surface area contributed by atoms with E-state index in [2.05, 4.69) is 31.1 Å². The number of hydrogen-bond acceptors (Lipinski definition) is 4. The van der Waals surface area contributed by atoms with Crippen molar-refractivity contribution in [2.45, 2.75) is 25.3 Å². The fourth-order valence-corrected chi connectivity index (χ4v) is 4.59. The lowest BCUT2D eigenvalue weighted by Crippen LogP contribution is -2.38. The van der Waals surface area contributed by atoms with E-state index in [-0.39, 0.29) is 5.41 Å². The lowest BCUT2D eigenvalue weighted by atomic mass is 9.60. The average Bonchev–Trinajstić information content (AvgIpc) is 2.76. The van der Waals surface area contributed by atoms with Gasteiger partial charge < -0.3 is 4.84 Å². The summed E-state index contributed by atoms with van der Waals surface area (Å²) in [4.78, 5) is 6.05. The molecule has 0 amide bonds. The SMILES string of the molecule is CC1(C)C(c2ccc(S(C)(=O)=O)cc2)=C(c2ccccc2)/C1=N/OCc1ccccc1. The van der Waals surface area contributed by atoms with Crippen LogP contribution in [0.25, 0.3) is 11.1 Å². The number of oxime groups is 1. The third-order valence-corrected chi connectivity index (χ3v) is 6.70. The zero-order valence-corrected chi connectivity index (χ0v) is 18.7. The lowest BCUT2D eigenvalue weighted by molar-refractivity contribution is 0.128. The first-order valence-electron chi connectivity index (χ1n) is 10.1. The predicted molar refractivity (Wildman–Crippen MR) is 125 cm³/mol. The molecule has 4 rings (SSSR count). The molecule has 0 aliphatic heterocycles. The van der Waals surface area contributed by atoms with Gasteiger partial charge in [0, 0.05) is 17.2 Å². The predicted octanol–water partition coefficient (Wildman–Crippen LogP) is 5.61. The van der Waals surface area contributed by atoms with Crippen LogP contribution in [0.3, 0.4) is 0 Å². The van der Waals surface area contributed by atoms with Crippen LogP contribution in [0.15, 0.2) is 95.0 Å². The molecule has 3 aromatic carbocycles. The summed E-state index contributed by atoms with van der Waals surface area (Å²) < 4.78 is 23.7. The van der Waals surface area contributed by atoms with Gasteiger partial charge in [0.25, 0.3) is 0 Å². The van der Waals surface area contributed by atoms with Gasteiger partial charge in [0.15, 0.2) is 9.84 Å². The minimum Gasteiger partial charge on any atom is -0.391 e. The van der Waals surface area contributed by atoms with Crippen LogP contribution in [0.1, 0.15) is 30.5 Å². The van der Waals surface area contributed by atoms with Gasteiger partial charge in [-0.25, -0.2) is 8.42 Å². The third kappa shape index (κ3) is 4.19. The maximum atomic E-state index is 11.9. The molecule has 0 N–H and O–H groups in total. The average molecular weight is 432 g/mol. The Bertz CT molecular complexity index is 1240. The molecule has 5 heteroatoms. The Labute approximate surface area is 183 Å². The molecule has 31 heavy (non-hydrogen) atoms. The van der Waals surface area contributed by atoms with Gasteiger partial charge in [-0.3, -0.25) is 0 Å². The van der Waals surface area contributed by atoms with Gasteiger partial charge in [0.2, 0.25) is 0 Å². The van der Waals surface area contributed by atoms with Crippen LogP contribution >= 0.6 is 0 Å². The van der Waals surface area contributed by atoms with E-state index in [1.807, 2.05) is 60.7 Å². The van der Waals surface area contributed by atoms with Crippen LogP contribution in [0.4, 0.5) is 0 Å². The summed E-state index contributed by atoms with van der Waals surface area (Å²) in [6.45, 7) is 4.63. The van der Waals surface area contributed by atoms with E-state index in [1.54, 1.807) is 12.1 Å². The van der Waals surface area contributed by atoms with Crippen LogP contribution in [0, 0.1) is 5.41 Å². The second kappa shape index (κ2) is 8.16. The van der Waals surface area contributed by atoms with E-state index in [4.69, 9.17) is 4.84 Å². The summed E-state index contributed by atoms with van der Waals surface area (Å²) in [5.74, 6) is 0. The summed E-state index contributed by atoms with van der Waals surface area (Å²) in [5, 5.41) is 4.53. The Hall–Kier alpha value is -3.18. The monoisotopic (exact) mass is 431 g/mol. The molecule has 0 saturated carbocycles. The zero-order chi connectivity index (χ0) is 22.1. The van der Waals surface area contributed by atoms with Crippen molar-refractivity contribution in [2.75, 3.05) is 6.26 Å². The van der Waals surface area contributed by atoms with Crippen molar-refractivity contribution in [3.63, 3.8) is 0 Å². The molecule has 0 fully saturated rings. The highest BCUT2D eigenvalue weighted by Crippen LogP contribution is 2.53. The summed E-state index contributed by atoms with van der Waals surface area (Å²) in [6.07, 6.45) is 1.22. The first-order valence-corrected chi connectivity index (χ1v) is 12.0. The zero-order valence-electron chi connectivity index (χ0n) is 17.9. The minimum atomic E-state index is -3.24. The van der Waals surface area contributed by atoms with Crippen LogP contribution in [-0.4, -0.2) is 20.4 Å². The van der Waals surface area contributed by atoms with E-state index < -0.39 is 9.84 Å². The third-order valence-electron chi connectivity index (χ3n) is 5.57. The Morgan fingerprint density at radius 3 is 1.97 bits per heavy atom. The van der Waals surface area contributed by atoms with Gasteiger partial charge in [-0.2, -0.15) is 0 Å². The van der Waals surface area contributed by atoms with Crippen molar-refractivity contribution in [3.8, 4) is 0 Å². The molecule has 4 nitrogen and oxygen atoms in total. The Morgan fingerprint density at radius 1 is 0.806 bits per heavy atom. The molecule has 0 radical (unpaired) electrons. The molecule has 3 aromatic rings. The van der Waals surface area contributed by atoms with E-state index in [0.717, 1.165) is 33.5 Å². The van der Waals surface area contributed by atoms with Gasteiger partial charge in [-0.15, -0.1) is 0 Å². The molecular formula is C26H25NO3S. The minimum absolute atomic E-state index is 0.315. The molecule has 0 heterocycles. The molecule has 0 atom stereocenters. The molecular weight excluding hydrogens is 406 g/mol. The fourth-order valence-electron chi connectivity index (χ4n) is 3.96. The quantitative estimate of drug-likeness (QED) is 0.477. The van der Waals surface area contributed by atoms with Crippen LogP contribution in [0.2, 0.25) is 0 Å². The summed E-state index contributed by atoms with van der Waals surface area (Å²) >= 11 is 0. The van der Waals surface area contributed by atoms with Crippen LogP contribution in [-0.2, 0) is 21.3 Å². The molecule has 0 bridgehead atoms. The summed E-state index contributed by atoms with van der Waals surface area (Å²) in [6, 6.07) is 27.1. The molecule has 158 valence electrons. The van der Waals surface area contributed by atoms with Gasteiger partial charge >= 0.3 is 0 Å². The lowest BCUT2D eigenvalue weighted by Gasteiger charge is -2.42. The van der Waals surface area contributed by atoms with Gasteiger partial charge in [0.05, 0.1) is 10.6 Å². The highest BCUT2D eigenvalue weighted by molar-refractivity contribution is 7.90. The highest BCUT2D eigenvalue weighted by Gasteiger charge is 2.45. The maximum absolute atomic E-state index is 11.9. The Kier molecular flexibility index (Phi) is 5.54. The van der Waals surface area contributed by atoms with Crippen LogP contribution in [0.5, 0.6) is 0 Å². The molecule has 1 aliphatic rings. The van der Waals surface area contributed by atoms with E-state index >= 15 is 0 Å². The van der Waals surface area contributed by atoms with Gasteiger partial charge in [-0.05, 0) is 48.2 Å². The highest BCUT2D eigenvalue weighted by atomic mass is 32.2. The fraction of sp³-hybridized carbons (Fsp3) is 0.192. The Morgan fingerprint density at radius 2 is 1.39 bits per heavy atom. The van der Waals surface area contributed by atoms with Crippen molar-refractivity contribution >= 4 is 26.7 Å². The smallest absolute Gasteiger partial charge is 0.175 e. The van der Waals surface area contributed by atoms with Gasteiger partial charge in [0.1, 0.15) is 6.61 Å². The number of allylic oxidation sites excluding steroid dienone is 2. The maximum Gasteiger partial charge on any atom is 0.175 e. The second-order valence-corrected chi connectivity index (χ2v) is 10.3. The summed E-state index contributed by atoms with van der Waals surface area (Å²) in [5.41, 5.74) is 5.81. The topological polar surface area (TPSA) is 55.7 Å². The van der Waals surface area contributed by atoms with Crippen molar-refractivity contribution < 1.29 is 13.3 Å². The van der Waals surface area contributed by atoms with E-state index in [0.29, 0.717) is 11.5 Å². The Balaban J connectivity index is 1.74. The largest absolute Gasteiger partial charge is 0.391 e. The second-order valence-electron chi connectivity index (χ2n) is 8.24. The normalized spacial score (nSPS) is 16.8. The molecule has 0 spiro atoms. The standard InChI is InChI=1S/C26H25NO3S/c1-26(2)24(21-14-16-22(17-15-21)31(3,28)29)23(20-12-8-5-9-13-20)25(26)27-30-18-19-10-6-4-7-11-19/h4-17H,18H2,1-3H3/b27-25-. The molecule has 0 aromatic heterocycles. The number of hydrogen-bond donors (Lipinski definition) is 0. The number of benzene rings is 3. The van der Waals surface area contributed by atoms with E-state index in [1.165, 1.54) is 6.26 Å². The first-order chi connectivity index (χ1) is 14.8. The van der Waals surface area contributed by atoms with Crippen molar-refractivity contribution in [1.29, 1.82) is 0 Å². The van der Waals surface area contributed by atoms with E-state index in [9.17, 15) is 8.42 Å². The number of rotatable bonds is 6. The van der Waals surface area contributed by atoms with Gasteiger partial charge in [-0.1, -0.05) is 78.0 Å². The van der Waals surface area contributed by atoms with Crippen LogP contribution < -0.4 is 0 Å². The molecule has 1 aliphatic carbocycles. The summed E-state index contributed by atoms with van der Waals surface area (Å²) in [7, 11) is -3.24. The van der Waals surface area contributed by atoms with Crippen molar-refractivity contribution in [1.82, 2.24) is 0 Å². The molecule has 0 unspecified atom stereocenters. The number of sulfone groups is 1. The molecule has 0 saturated heterocycles. The number of nitrogens with zero attached hydrogens (tertiary/aromatic N) is 1. The van der Waals surface area contributed by atoms with Crippen molar-refractivity contribution in [3.05, 3.63) is 102 Å².